The van der Waals surface area contributed by atoms with Gasteiger partial charge >= 0.3 is 13.6 Å². The summed E-state index contributed by atoms with van der Waals surface area (Å²) in [5.74, 6) is -3.84. The van der Waals surface area contributed by atoms with Gasteiger partial charge in [0.1, 0.15) is 35.0 Å². The Hall–Kier alpha value is -4.80. The number of halogens is 1. The highest BCUT2D eigenvalue weighted by molar-refractivity contribution is 7.54. The van der Waals surface area contributed by atoms with Gasteiger partial charge in [0.05, 0.1) is 18.3 Å². The zero-order valence-corrected chi connectivity index (χ0v) is 23.0. The number of carboxylic acids is 1. The minimum Gasteiger partial charge on any atom is -0.505 e. The Morgan fingerprint density at radius 2 is 1.71 bits per heavy atom. The van der Waals surface area contributed by atoms with E-state index in [1.165, 1.54) is 55.6 Å². The van der Waals surface area contributed by atoms with Gasteiger partial charge in [0, 0.05) is 11.6 Å². The highest BCUT2D eigenvalue weighted by Crippen LogP contribution is 2.50. The smallest absolute Gasteiger partial charge is 0.383 e. The summed E-state index contributed by atoms with van der Waals surface area (Å²) in [5.41, 5.74) is -0.0729. The van der Waals surface area contributed by atoms with Crippen molar-refractivity contribution in [2.45, 2.75) is 19.6 Å². The highest BCUT2D eigenvalue weighted by Gasteiger charge is 2.43. The molecule has 1 unspecified atom stereocenters. The van der Waals surface area contributed by atoms with Crippen LogP contribution in [0.5, 0.6) is 17.2 Å². The number of amides is 2. The Balaban J connectivity index is 1.47. The number of ether oxygens (including phenoxy) is 1. The molecular weight excluding hydrogens is 570 g/mol. The van der Waals surface area contributed by atoms with Gasteiger partial charge in [-0.25, -0.2) is 13.8 Å². The van der Waals surface area contributed by atoms with E-state index in [0.717, 1.165) is 4.90 Å². The van der Waals surface area contributed by atoms with E-state index in [4.69, 9.17) is 13.8 Å². The Labute approximate surface area is 238 Å². The van der Waals surface area contributed by atoms with E-state index in [1.807, 2.05) is 0 Å². The van der Waals surface area contributed by atoms with Crippen LogP contribution >= 0.6 is 7.60 Å². The predicted octanol–water partition coefficient (Wildman–Crippen LogP) is 5.02. The molecule has 1 aliphatic heterocycles. The highest BCUT2D eigenvalue weighted by atomic mass is 31.2. The fourth-order valence-electron chi connectivity index (χ4n) is 4.41. The first-order valence-electron chi connectivity index (χ1n) is 12.7. The SMILES string of the molecule is C[C@H](OP(=O)(CCOc1c2c(c(O)c3ncccc13)C(=O)N(Cc1ccc(F)cc1)C2=O)Oc1ccccc1)C(=O)O. The number of aromatic nitrogens is 1. The van der Waals surface area contributed by atoms with Crippen molar-refractivity contribution < 1.29 is 47.3 Å². The number of aliphatic carboxylic acids is 1. The van der Waals surface area contributed by atoms with Crippen LogP contribution < -0.4 is 9.26 Å². The minimum absolute atomic E-state index is 0.00417. The molecule has 0 bridgehead atoms. The molecule has 1 aromatic heterocycles. The van der Waals surface area contributed by atoms with Crippen molar-refractivity contribution in [3.05, 3.63) is 95.4 Å². The first-order chi connectivity index (χ1) is 20.1. The quantitative estimate of drug-likeness (QED) is 0.179. The van der Waals surface area contributed by atoms with Crippen LogP contribution in [0.3, 0.4) is 0 Å². The van der Waals surface area contributed by atoms with Crippen LogP contribution in [0, 0.1) is 5.82 Å². The minimum atomic E-state index is -4.13. The molecule has 1 aliphatic rings. The van der Waals surface area contributed by atoms with Gasteiger partial charge in [0.15, 0.2) is 11.9 Å². The van der Waals surface area contributed by atoms with Crippen molar-refractivity contribution in [1.82, 2.24) is 9.88 Å². The molecule has 42 heavy (non-hydrogen) atoms. The van der Waals surface area contributed by atoms with Gasteiger partial charge in [-0.1, -0.05) is 30.3 Å². The molecule has 0 saturated heterocycles. The molecule has 5 rings (SSSR count). The maximum absolute atomic E-state index is 13.6. The molecule has 216 valence electrons. The first-order valence-corrected chi connectivity index (χ1v) is 14.4. The number of nitrogens with zero attached hydrogens (tertiary/aromatic N) is 2. The molecule has 0 saturated carbocycles. The van der Waals surface area contributed by atoms with Gasteiger partial charge in [-0.3, -0.25) is 24.0 Å². The number of carboxylic acid groups (broad SMARTS) is 1. The fraction of sp³-hybridized carbons (Fsp3) is 0.172. The summed E-state index contributed by atoms with van der Waals surface area (Å²) in [5, 5.41) is 20.5. The van der Waals surface area contributed by atoms with Gasteiger partial charge in [-0.15, -0.1) is 0 Å². The topological polar surface area (TPSA) is 153 Å². The zero-order valence-electron chi connectivity index (χ0n) is 22.1. The number of hydrogen-bond acceptors (Lipinski definition) is 9. The second-order valence-electron chi connectivity index (χ2n) is 9.32. The van der Waals surface area contributed by atoms with Crippen LogP contribution in [0.1, 0.15) is 33.2 Å². The Morgan fingerprint density at radius 1 is 1.02 bits per heavy atom. The summed E-state index contributed by atoms with van der Waals surface area (Å²) < 4.78 is 43.9. The second kappa shape index (κ2) is 11.6. The van der Waals surface area contributed by atoms with E-state index in [0.29, 0.717) is 5.56 Å². The number of para-hydroxylation sites is 1. The van der Waals surface area contributed by atoms with Gasteiger partial charge in [-0.05, 0) is 48.9 Å². The van der Waals surface area contributed by atoms with Gasteiger partial charge in [-0.2, -0.15) is 0 Å². The van der Waals surface area contributed by atoms with E-state index in [-0.39, 0.29) is 40.1 Å². The number of phenolic OH excluding ortho intramolecular Hbond substituents is 1. The number of benzene rings is 3. The van der Waals surface area contributed by atoms with Crippen LogP contribution in [-0.4, -0.2) is 56.8 Å². The molecule has 0 fully saturated rings. The van der Waals surface area contributed by atoms with Crippen molar-refractivity contribution in [2.75, 3.05) is 12.8 Å². The summed E-state index contributed by atoms with van der Waals surface area (Å²) >= 11 is 0. The van der Waals surface area contributed by atoms with Crippen molar-refractivity contribution in [1.29, 1.82) is 0 Å². The molecule has 2 N–H and O–H groups in total. The van der Waals surface area contributed by atoms with Crippen LogP contribution in [0.4, 0.5) is 4.39 Å². The maximum Gasteiger partial charge on any atom is 0.383 e. The van der Waals surface area contributed by atoms with E-state index in [2.05, 4.69) is 4.98 Å². The Morgan fingerprint density at radius 3 is 2.40 bits per heavy atom. The van der Waals surface area contributed by atoms with Crippen molar-refractivity contribution in [3.63, 3.8) is 0 Å². The molecule has 2 heterocycles. The molecule has 4 aromatic rings. The lowest BCUT2D eigenvalue weighted by atomic mass is 10.0. The summed E-state index contributed by atoms with van der Waals surface area (Å²) in [6.07, 6.45) is -0.515. The van der Waals surface area contributed by atoms with E-state index >= 15 is 0 Å². The first kappa shape index (κ1) is 28.7. The van der Waals surface area contributed by atoms with Crippen LogP contribution in [0.25, 0.3) is 10.9 Å². The van der Waals surface area contributed by atoms with E-state index < -0.39 is 55.8 Å². The molecule has 13 heteroatoms. The van der Waals surface area contributed by atoms with Gasteiger partial charge in [0.25, 0.3) is 11.8 Å². The number of fused-ring (bicyclic) bond motifs is 2. The largest absolute Gasteiger partial charge is 0.505 e. The third kappa shape index (κ3) is 5.67. The molecule has 3 aromatic carbocycles. The van der Waals surface area contributed by atoms with Crippen molar-refractivity contribution in [2.24, 2.45) is 0 Å². The Kier molecular flexibility index (Phi) is 7.93. The number of imide groups is 1. The molecule has 0 radical (unpaired) electrons. The third-order valence-electron chi connectivity index (χ3n) is 6.43. The molecule has 2 amide bonds. The number of hydrogen-bond donors (Lipinski definition) is 2. The van der Waals surface area contributed by atoms with Crippen LogP contribution in [0.15, 0.2) is 72.9 Å². The maximum atomic E-state index is 13.6. The fourth-order valence-corrected chi connectivity index (χ4v) is 5.98. The third-order valence-corrected chi connectivity index (χ3v) is 8.28. The average Bonchev–Trinajstić information content (AvgIpc) is 3.21. The van der Waals surface area contributed by atoms with Crippen LogP contribution in [-0.2, 0) is 20.4 Å². The number of aromatic hydroxyl groups is 1. The summed E-state index contributed by atoms with van der Waals surface area (Å²) in [4.78, 5) is 43.4. The van der Waals surface area contributed by atoms with Crippen molar-refractivity contribution in [3.8, 4) is 17.2 Å². The standard InChI is InChI=1S/C29H24FN2O9P/c1-17(29(36)37)40-42(38,41-20-6-3-2-4-7-20)15-14-39-26-21-8-5-13-31-24(21)25(33)22-23(26)28(35)32(27(22)34)16-18-9-11-19(30)12-10-18/h2-13,17,33H,14-16H2,1H3,(H,36,37)/t17-,42?/m0/s1. The lowest BCUT2D eigenvalue weighted by Gasteiger charge is -2.22. The molecule has 11 nitrogen and oxygen atoms in total. The number of carbonyl (C=O) groups excluding carboxylic acids is 2. The number of rotatable bonds is 11. The van der Waals surface area contributed by atoms with Crippen molar-refractivity contribution >= 4 is 36.3 Å². The van der Waals surface area contributed by atoms with Gasteiger partial charge in [0.2, 0.25) is 0 Å². The molecular formula is C29H24FN2O9P. The number of phenols is 1. The van der Waals surface area contributed by atoms with E-state index in [1.54, 1.807) is 24.3 Å². The van der Waals surface area contributed by atoms with Crippen LogP contribution in [0.2, 0.25) is 0 Å². The number of carbonyl (C=O) groups is 3. The average molecular weight is 594 g/mol. The lowest BCUT2D eigenvalue weighted by molar-refractivity contribution is -0.144. The summed E-state index contributed by atoms with van der Waals surface area (Å²) in [7, 11) is -4.13. The summed E-state index contributed by atoms with van der Waals surface area (Å²) in [6.45, 7) is 0.615. The lowest BCUT2D eigenvalue weighted by Crippen LogP contribution is -2.29. The van der Waals surface area contributed by atoms with Gasteiger partial charge < -0.3 is 19.5 Å². The monoisotopic (exact) mass is 594 g/mol. The zero-order chi connectivity index (χ0) is 30.0. The number of pyridine rings is 1. The van der Waals surface area contributed by atoms with E-state index in [9.17, 15) is 33.6 Å². The summed E-state index contributed by atoms with van der Waals surface area (Å²) in [6, 6.07) is 16.3. The second-order valence-corrected chi connectivity index (χ2v) is 11.4. The normalized spacial score (nSPS) is 14.9. The molecule has 2 atom stereocenters. The Bertz CT molecular complexity index is 1730. The molecule has 0 spiro atoms. The predicted molar refractivity (Wildman–Crippen MR) is 147 cm³/mol. The molecule has 0 aliphatic carbocycles.